The normalized spacial score (nSPS) is 11.4. The molecule has 2 aromatic carbocycles. The van der Waals surface area contributed by atoms with Crippen molar-refractivity contribution in [2.24, 2.45) is 0 Å². The van der Waals surface area contributed by atoms with Crippen molar-refractivity contribution in [3.63, 3.8) is 0 Å². The van der Waals surface area contributed by atoms with Crippen LogP contribution < -0.4 is 4.18 Å². The van der Waals surface area contributed by atoms with E-state index in [1.807, 2.05) is 26.0 Å². The Morgan fingerprint density at radius 1 is 1.00 bits per heavy atom. The van der Waals surface area contributed by atoms with Crippen LogP contribution in [0.25, 0.3) is 0 Å². The van der Waals surface area contributed by atoms with Gasteiger partial charge in [-0.25, -0.2) is 0 Å². The molecule has 0 atom stereocenters. The molecular weight excluding hydrogens is 408 g/mol. The van der Waals surface area contributed by atoms with Crippen LogP contribution >= 0.6 is 31.9 Å². The minimum atomic E-state index is -3.88. The van der Waals surface area contributed by atoms with Gasteiger partial charge in [-0.2, -0.15) is 8.42 Å². The van der Waals surface area contributed by atoms with Crippen LogP contribution in [-0.2, 0) is 10.1 Å². The van der Waals surface area contributed by atoms with Gasteiger partial charge in [0, 0.05) is 8.95 Å². The lowest BCUT2D eigenvalue weighted by Gasteiger charge is -2.11. The van der Waals surface area contributed by atoms with Gasteiger partial charge in [0.1, 0.15) is 10.6 Å². The van der Waals surface area contributed by atoms with Crippen molar-refractivity contribution in [2.75, 3.05) is 0 Å². The molecule has 0 saturated carbocycles. The number of hydrogen-bond donors (Lipinski definition) is 0. The third-order valence-corrected chi connectivity index (χ3v) is 5.42. The third kappa shape index (κ3) is 3.42. The quantitative estimate of drug-likeness (QED) is 0.683. The average Bonchev–Trinajstić information content (AvgIpc) is 2.35. The van der Waals surface area contributed by atoms with Gasteiger partial charge in [0.05, 0.1) is 0 Å². The first kappa shape index (κ1) is 15.5. The van der Waals surface area contributed by atoms with Gasteiger partial charge in [0.2, 0.25) is 0 Å². The van der Waals surface area contributed by atoms with Crippen molar-refractivity contribution in [1.82, 2.24) is 0 Å². The summed E-state index contributed by atoms with van der Waals surface area (Å²) in [6.45, 7) is 3.75. The molecule has 0 amide bonds. The fourth-order valence-electron chi connectivity index (χ4n) is 1.72. The zero-order valence-corrected chi connectivity index (χ0v) is 14.8. The van der Waals surface area contributed by atoms with Gasteiger partial charge >= 0.3 is 10.1 Å². The van der Waals surface area contributed by atoms with Gasteiger partial charge in [-0.15, -0.1) is 0 Å². The van der Waals surface area contributed by atoms with E-state index in [2.05, 4.69) is 31.9 Å². The maximum Gasteiger partial charge on any atom is 0.340 e. The second-order valence-corrected chi connectivity index (χ2v) is 7.67. The van der Waals surface area contributed by atoms with Gasteiger partial charge in [0.15, 0.2) is 0 Å². The smallest absolute Gasteiger partial charge is 0.340 e. The van der Waals surface area contributed by atoms with Crippen LogP contribution in [0.2, 0.25) is 0 Å². The highest BCUT2D eigenvalue weighted by Gasteiger charge is 2.21. The lowest BCUT2D eigenvalue weighted by atomic mass is 10.1. The molecule has 106 valence electrons. The Kier molecular flexibility index (Phi) is 4.56. The average molecular weight is 420 g/mol. The van der Waals surface area contributed by atoms with Crippen molar-refractivity contribution in [2.45, 2.75) is 18.7 Å². The highest BCUT2D eigenvalue weighted by Crippen LogP contribution is 2.29. The van der Waals surface area contributed by atoms with Gasteiger partial charge in [-0.05, 0) is 59.6 Å². The lowest BCUT2D eigenvalue weighted by Crippen LogP contribution is -2.11. The van der Waals surface area contributed by atoms with Crippen LogP contribution in [0.5, 0.6) is 5.75 Å². The summed E-state index contributed by atoms with van der Waals surface area (Å²) in [5.41, 5.74) is 1.83. The maximum absolute atomic E-state index is 12.3. The minimum Gasteiger partial charge on any atom is -0.379 e. The molecule has 0 saturated heterocycles. The molecule has 2 aromatic rings. The summed E-state index contributed by atoms with van der Waals surface area (Å²) in [5.74, 6) is 0.336. The van der Waals surface area contributed by atoms with E-state index >= 15 is 0 Å². The molecule has 0 fully saturated rings. The van der Waals surface area contributed by atoms with E-state index in [1.54, 1.807) is 18.2 Å². The first-order valence-electron chi connectivity index (χ1n) is 5.76. The number of halogens is 2. The molecule has 0 bridgehead atoms. The highest BCUT2D eigenvalue weighted by atomic mass is 79.9. The van der Waals surface area contributed by atoms with Crippen LogP contribution in [-0.4, -0.2) is 8.42 Å². The van der Waals surface area contributed by atoms with E-state index < -0.39 is 10.1 Å². The van der Waals surface area contributed by atoms with E-state index in [0.717, 1.165) is 11.1 Å². The van der Waals surface area contributed by atoms with Crippen molar-refractivity contribution in [1.29, 1.82) is 0 Å². The molecule has 0 N–H and O–H groups in total. The number of hydrogen-bond acceptors (Lipinski definition) is 3. The summed E-state index contributed by atoms with van der Waals surface area (Å²) in [6, 6.07) is 10.3. The molecule has 0 aliphatic carbocycles. The molecule has 6 heteroatoms. The summed E-state index contributed by atoms with van der Waals surface area (Å²) < 4.78 is 31.0. The Balaban J connectivity index is 2.43. The molecule has 0 aromatic heterocycles. The van der Waals surface area contributed by atoms with Crippen molar-refractivity contribution >= 4 is 42.0 Å². The molecule has 0 unspecified atom stereocenters. The van der Waals surface area contributed by atoms with Crippen LogP contribution in [0.3, 0.4) is 0 Å². The van der Waals surface area contributed by atoms with E-state index in [-0.39, 0.29) is 4.90 Å². The first-order valence-corrected chi connectivity index (χ1v) is 8.76. The maximum atomic E-state index is 12.3. The largest absolute Gasteiger partial charge is 0.379 e. The fraction of sp³-hybridized carbons (Fsp3) is 0.143. The molecule has 0 aliphatic rings. The number of rotatable bonds is 3. The van der Waals surface area contributed by atoms with Crippen molar-refractivity contribution in [3.05, 3.63) is 56.5 Å². The molecule has 20 heavy (non-hydrogen) atoms. The van der Waals surface area contributed by atoms with Crippen LogP contribution in [0.15, 0.2) is 50.2 Å². The van der Waals surface area contributed by atoms with Gasteiger partial charge in [-0.1, -0.05) is 33.6 Å². The van der Waals surface area contributed by atoms with Crippen LogP contribution in [0, 0.1) is 13.8 Å². The monoisotopic (exact) mass is 418 g/mol. The van der Waals surface area contributed by atoms with E-state index in [0.29, 0.717) is 14.7 Å². The molecule has 0 heterocycles. The predicted molar refractivity (Wildman–Crippen MR) is 85.6 cm³/mol. The summed E-state index contributed by atoms with van der Waals surface area (Å²) >= 11 is 6.49. The van der Waals surface area contributed by atoms with Gasteiger partial charge in [-0.3, -0.25) is 0 Å². The van der Waals surface area contributed by atoms with Crippen LogP contribution in [0.4, 0.5) is 0 Å². The Morgan fingerprint density at radius 3 is 2.35 bits per heavy atom. The summed E-state index contributed by atoms with van der Waals surface area (Å²) in [7, 11) is -3.88. The Bertz CT molecular complexity index is 755. The minimum absolute atomic E-state index is 0.0897. The number of aryl methyl sites for hydroxylation is 2. The van der Waals surface area contributed by atoms with E-state index in [9.17, 15) is 8.42 Å². The summed E-state index contributed by atoms with van der Waals surface area (Å²) in [6.07, 6.45) is 0. The first-order chi connectivity index (χ1) is 9.29. The molecular formula is C14H12Br2O3S. The van der Waals surface area contributed by atoms with Crippen LogP contribution in [0.1, 0.15) is 11.1 Å². The van der Waals surface area contributed by atoms with Gasteiger partial charge < -0.3 is 4.18 Å². The summed E-state index contributed by atoms with van der Waals surface area (Å²) in [4.78, 5) is 0.0897. The molecule has 0 spiro atoms. The molecule has 3 nitrogen and oxygen atoms in total. The zero-order chi connectivity index (χ0) is 14.9. The van der Waals surface area contributed by atoms with Crippen molar-refractivity contribution in [3.8, 4) is 5.75 Å². The highest BCUT2D eigenvalue weighted by molar-refractivity contribution is 9.11. The number of benzene rings is 2. The molecule has 2 rings (SSSR count). The topological polar surface area (TPSA) is 43.4 Å². The second kappa shape index (κ2) is 5.87. The fourth-order valence-corrected chi connectivity index (χ4v) is 4.17. The molecule has 0 aliphatic heterocycles. The van der Waals surface area contributed by atoms with Crippen molar-refractivity contribution < 1.29 is 12.6 Å². The summed E-state index contributed by atoms with van der Waals surface area (Å²) in [5, 5.41) is 0. The van der Waals surface area contributed by atoms with E-state index in [1.165, 1.54) is 6.07 Å². The lowest BCUT2D eigenvalue weighted by molar-refractivity contribution is 0.483. The Morgan fingerprint density at radius 2 is 1.70 bits per heavy atom. The standard InChI is InChI=1S/C14H12Br2O3S/c1-9-3-6-13(10(2)7-9)19-20(17,18)14-8-11(15)4-5-12(14)16/h3-8H,1-2H3. The zero-order valence-electron chi connectivity index (χ0n) is 10.9. The van der Waals surface area contributed by atoms with Gasteiger partial charge in [0.25, 0.3) is 0 Å². The molecule has 0 radical (unpaired) electrons. The third-order valence-electron chi connectivity index (χ3n) is 2.69. The van der Waals surface area contributed by atoms with E-state index in [4.69, 9.17) is 4.18 Å². The Labute approximate surface area is 135 Å². The Hall–Kier alpha value is -0.850. The SMILES string of the molecule is Cc1ccc(OS(=O)(=O)c2cc(Br)ccc2Br)c(C)c1. The predicted octanol–water partition coefficient (Wildman–Crippen LogP) is 4.60. The second-order valence-electron chi connectivity index (χ2n) is 4.38.